The average molecular weight is 339 g/mol. The van der Waals surface area contributed by atoms with Crippen molar-refractivity contribution in [2.75, 3.05) is 0 Å². The molecule has 19 heavy (non-hydrogen) atoms. The van der Waals surface area contributed by atoms with Crippen molar-refractivity contribution in [1.82, 2.24) is 0 Å². The fourth-order valence-corrected chi connectivity index (χ4v) is 2.05. The van der Waals surface area contributed by atoms with Crippen molar-refractivity contribution in [3.05, 3.63) is 79.3 Å². The standard InChI is InChI=1S/C14H9BrClNO2/c15-12-7-6-10(8-13(12)16)9-14(17(18)19)11-4-2-1-3-5-11/h1-9H/b14-9+. The van der Waals surface area contributed by atoms with Crippen molar-refractivity contribution in [2.45, 2.75) is 0 Å². The molecular weight excluding hydrogens is 330 g/mol. The Labute approximate surface area is 123 Å². The van der Waals surface area contributed by atoms with Crippen molar-refractivity contribution in [2.24, 2.45) is 0 Å². The van der Waals surface area contributed by atoms with Gasteiger partial charge in [-0.05, 0) is 45.8 Å². The third-order valence-electron chi connectivity index (χ3n) is 2.51. The molecule has 0 aliphatic carbocycles. The molecule has 0 aromatic heterocycles. The third kappa shape index (κ3) is 3.43. The van der Waals surface area contributed by atoms with E-state index in [2.05, 4.69) is 15.9 Å². The first-order valence-electron chi connectivity index (χ1n) is 5.44. The predicted octanol–water partition coefficient (Wildman–Crippen LogP) is 4.88. The second-order valence-corrected chi connectivity index (χ2v) is 5.09. The highest BCUT2D eigenvalue weighted by atomic mass is 79.9. The van der Waals surface area contributed by atoms with Crippen LogP contribution in [-0.2, 0) is 0 Å². The van der Waals surface area contributed by atoms with E-state index in [9.17, 15) is 10.1 Å². The molecule has 0 atom stereocenters. The molecule has 0 amide bonds. The van der Waals surface area contributed by atoms with E-state index in [1.54, 1.807) is 42.5 Å². The van der Waals surface area contributed by atoms with Gasteiger partial charge in [0, 0.05) is 10.5 Å². The minimum absolute atomic E-state index is 0.0407. The number of rotatable bonds is 3. The molecular formula is C14H9BrClNO2. The molecule has 0 bridgehead atoms. The summed E-state index contributed by atoms with van der Waals surface area (Å²) in [5, 5.41) is 11.7. The lowest BCUT2D eigenvalue weighted by Crippen LogP contribution is -1.97. The molecule has 0 spiro atoms. The van der Waals surface area contributed by atoms with E-state index in [4.69, 9.17) is 11.6 Å². The summed E-state index contributed by atoms with van der Waals surface area (Å²) in [6.45, 7) is 0. The topological polar surface area (TPSA) is 43.1 Å². The third-order valence-corrected chi connectivity index (χ3v) is 3.75. The molecule has 0 unspecified atom stereocenters. The van der Waals surface area contributed by atoms with Crippen molar-refractivity contribution < 1.29 is 4.92 Å². The minimum atomic E-state index is -0.398. The summed E-state index contributed by atoms with van der Waals surface area (Å²) in [6, 6.07) is 14.0. The molecule has 0 aliphatic heterocycles. The van der Waals surface area contributed by atoms with Crippen LogP contribution < -0.4 is 0 Å². The fraction of sp³-hybridized carbons (Fsp3) is 0. The monoisotopic (exact) mass is 337 g/mol. The second-order valence-electron chi connectivity index (χ2n) is 3.83. The molecule has 0 radical (unpaired) electrons. The van der Waals surface area contributed by atoms with E-state index < -0.39 is 4.92 Å². The smallest absolute Gasteiger partial charge is 0.258 e. The normalized spacial score (nSPS) is 11.4. The van der Waals surface area contributed by atoms with Crippen molar-refractivity contribution in [3.63, 3.8) is 0 Å². The summed E-state index contributed by atoms with van der Waals surface area (Å²) < 4.78 is 0.758. The van der Waals surface area contributed by atoms with Gasteiger partial charge in [-0.1, -0.05) is 35.9 Å². The maximum Gasteiger partial charge on any atom is 0.277 e. The van der Waals surface area contributed by atoms with Crippen LogP contribution in [0.5, 0.6) is 0 Å². The molecule has 5 heteroatoms. The quantitative estimate of drug-likeness (QED) is 0.455. The molecule has 96 valence electrons. The maximum atomic E-state index is 11.2. The van der Waals surface area contributed by atoms with Crippen LogP contribution in [0.15, 0.2) is 53.0 Å². The van der Waals surface area contributed by atoms with Crippen LogP contribution in [0.3, 0.4) is 0 Å². The Kier molecular flexibility index (Phi) is 4.35. The van der Waals surface area contributed by atoms with Crippen molar-refractivity contribution in [1.29, 1.82) is 0 Å². The number of hydrogen-bond donors (Lipinski definition) is 0. The number of nitrogens with zero attached hydrogens (tertiary/aromatic N) is 1. The van der Waals surface area contributed by atoms with E-state index >= 15 is 0 Å². The number of nitro groups is 1. The van der Waals surface area contributed by atoms with E-state index in [0.29, 0.717) is 16.1 Å². The molecule has 0 saturated carbocycles. The molecule has 2 aromatic carbocycles. The molecule has 0 N–H and O–H groups in total. The first kappa shape index (κ1) is 13.8. The summed E-state index contributed by atoms with van der Waals surface area (Å²) in [7, 11) is 0. The van der Waals surface area contributed by atoms with Gasteiger partial charge in [0.15, 0.2) is 0 Å². The van der Waals surface area contributed by atoms with Gasteiger partial charge in [-0.25, -0.2) is 0 Å². The fourth-order valence-electron chi connectivity index (χ4n) is 1.61. The summed E-state index contributed by atoms with van der Waals surface area (Å²) in [5.41, 5.74) is 1.29. The first-order valence-corrected chi connectivity index (χ1v) is 6.61. The summed E-state index contributed by atoms with van der Waals surface area (Å²) in [5.74, 6) is 0. The van der Waals surface area contributed by atoms with Gasteiger partial charge in [-0.2, -0.15) is 0 Å². The van der Waals surface area contributed by atoms with Gasteiger partial charge < -0.3 is 0 Å². The van der Waals surface area contributed by atoms with Gasteiger partial charge in [0.25, 0.3) is 5.70 Å². The van der Waals surface area contributed by atoms with Crippen LogP contribution in [0.4, 0.5) is 0 Å². The Hall–Kier alpha value is -1.65. The van der Waals surface area contributed by atoms with Gasteiger partial charge in [0.1, 0.15) is 0 Å². The van der Waals surface area contributed by atoms with Crippen LogP contribution in [0.25, 0.3) is 11.8 Å². The Morgan fingerprint density at radius 1 is 1.21 bits per heavy atom. The number of halogens is 2. The van der Waals surface area contributed by atoms with Gasteiger partial charge >= 0.3 is 0 Å². The highest BCUT2D eigenvalue weighted by Crippen LogP contribution is 2.26. The van der Waals surface area contributed by atoms with Crippen molar-refractivity contribution in [3.8, 4) is 0 Å². The Balaban J connectivity index is 2.47. The van der Waals surface area contributed by atoms with Gasteiger partial charge in [-0.15, -0.1) is 0 Å². The zero-order chi connectivity index (χ0) is 13.8. The average Bonchev–Trinajstić information content (AvgIpc) is 2.40. The lowest BCUT2D eigenvalue weighted by Gasteiger charge is -2.01. The van der Waals surface area contributed by atoms with Gasteiger partial charge in [0.05, 0.1) is 15.5 Å². The molecule has 3 nitrogen and oxygen atoms in total. The largest absolute Gasteiger partial charge is 0.277 e. The van der Waals surface area contributed by atoms with E-state index in [1.807, 2.05) is 6.07 Å². The molecule has 2 aromatic rings. The highest BCUT2D eigenvalue weighted by molar-refractivity contribution is 9.10. The van der Waals surface area contributed by atoms with E-state index in [1.165, 1.54) is 6.08 Å². The van der Waals surface area contributed by atoms with Crippen LogP contribution in [0.1, 0.15) is 11.1 Å². The van der Waals surface area contributed by atoms with Crippen LogP contribution >= 0.6 is 27.5 Å². The number of benzene rings is 2. The molecule has 0 fully saturated rings. The minimum Gasteiger partial charge on any atom is -0.258 e. The summed E-state index contributed by atoms with van der Waals surface area (Å²) in [6.07, 6.45) is 1.51. The molecule has 0 heterocycles. The number of hydrogen-bond acceptors (Lipinski definition) is 2. The van der Waals surface area contributed by atoms with Crippen molar-refractivity contribution >= 4 is 39.3 Å². The second kappa shape index (κ2) is 5.99. The van der Waals surface area contributed by atoms with Gasteiger partial charge in [0.2, 0.25) is 0 Å². The maximum absolute atomic E-state index is 11.2. The van der Waals surface area contributed by atoms with Crippen LogP contribution in [0.2, 0.25) is 5.02 Å². The van der Waals surface area contributed by atoms with Gasteiger partial charge in [-0.3, -0.25) is 10.1 Å². The SMILES string of the molecule is O=[N+]([O-])/C(=C/c1ccc(Br)c(Cl)c1)c1ccccc1. The van der Waals surface area contributed by atoms with E-state index in [0.717, 1.165) is 4.47 Å². The van der Waals surface area contributed by atoms with E-state index in [-0.39, 0.29) is 5.70 Å². The Morgan fingerprint density at radius 2 is 1.89 bits per heavy atom. The predicted molar refractivity (Wildman–Crippen MR) is 80.5 cm³/mol. The lowest BCUT2D eigenvalue weighted by molar-refractivity contribution is -0.374. The highest BCUT2D eigenvalue weighted by Gasteiger charge is 2.13. The van der Waals surface area contributed by atoms with Crippen LogP contribution in [0, 0.1) is 10.1 Å². The summed E-state index contributed by atoms with van der Waals surface area (Å²) >= 11 is 9.26. The molecule has 0 aliphatic rings. The summed E-state index contributed by atoms with van der Waals surface area (Å²) in [4.78, 5) is 10.8. The molecule has 0 saturated heterocycles. The Bertz CT molecular complexity index is 641. The lowest BCUT2D eigenvalue weighted by atomic mass is 10.1. The zero-order valence-corrected chi connectivity index (χ0v) is 12.1. The van der Waals surface area contributed by atoms with Crippen LogP contribution in [-0.4, -0.2) is 4.92 Å². The Morgan fingerprint density at radius 3 is 2.47 bits per heavy atom. The zero-order valence-electron chi connectivity index (χ0n) is 9.72. The first-order chi connectivity index (χ1) is 9.08. The molecule has 2 rings (SSSR count).